The lowest BCUT2D eigenvalue weighted by Gasteiger charge is -2.29. The Morgan fingerprint density at radius 3 is 2.19 bits per heavy atom. The average molecular weight is 390 g/mol. The third-order valence-electron chi connectivity index (χ3n) is 5.19. The molecule has 0 radical (unpaired) electrons. The minimum atomic E-state index is -5.12. The van der Waals surface area contributed by atoms with Gasteiger partial charge in [-0.25, -0.2) is 8.78 Å². The first-order valence-corrected chi connectivity index (χ1v) is 9.69. The number of benzene rings is 1. The molecule has 1 aromatic carbocycles. The fourth-order valence-corrected chi connectivity index (χ4v) is 3.79. The predicted octanol–water partition coefficient (Wildman–Crippen LogP) is 7.66. The highest BCUT2D eigenvalue weighted by Crippen LogP contribution is 2.40. The minimum absolute atomic E-state index is 0.0160. The first kappa shape index (κ1) is 21.7. The van der Waals surface area contributed by atoms with E-state index in [9.17, 15) is 22.0 Å². The molecule has 1 aliphatic rings. The second kappa shape index (κ2) is 10.1. The normalized spacial score (nSPS) is 21.0. The fraction of sp³-hybridized carbons (Fsp3) is 0.619. The van der Waals surface area contributed by atoms with Crippen molar-refractivity contribution >= 4 is 0 Å². The summed E-state index contributed by atoms with van der Waals surface area (Å²) in [5, 5.41) is 0. The second-order valence-electron chi connectivity index (χ2n) is 7.24. The molecule has 0 aromatic heterocycles. The maximum absolute atomic E-state index is 13.9. The van der Waals surface area contributed by atoms with Crippen molar-refractivity contribution in [1.82, 2.24) is 0 Å². The lowest BCUT2D eigenvalue weighted by atomic mass is 9.77. The van der Waals surface area contributed by atoms with Gasteiger partial charge < -0.3 is 4.74 Å². The Morgan fingerprint density at radius 2 is 1.63 bits per heavy atom. The van der Waals surface area contributed by atoms with Crippen molar-refractivity contribution in [1.29, 1.82) is 0 Å². The fourth-order valence-electron chi connectivity index (χ4n) is 3.79. The van der Waals surface area contributed by atoms with E-state index < -0.39 is 23.7 Å². The van der Waals surface area contributed by atoms with Crippen molar-refractivity contribution in [3.63, 3.8) is 0 Å². The zero-order valence-corrected chi connectivity index (χ0v) is 15.6. The van der Waals surface area contributed by atoms with Gasteiger partial charge in [-0.15, -0.1) is 13.2 Å². The highest BCUT2D eigenvalue weighted by molar-refractivity contribution is 5.33. The van der Waals surface area contributed by atoms with Gasteiger partial charge in [-0.3, -0.25) is 0 Å². The number of unbranched alkanes of at least 4 members (excludes halogenated alkanes) is 2. The van der Waals surface area contributed by atoms with Gasteiger partial charge in [0.15, 0.2) is 11.6 Å². The van der Waals surface area contributed by atoms with Crippen LogP contribution in [0.25, 0.3) is 0 Å². The van der Waals surface area contributed by atoms with Gasteiger partial charge in [-0.05, 0) is 74.5 Å². The summed E-state index contributed by atoms with van der Waals surface area (Å²) in [5.41, 5.74) is 0.419. The first-order chi connectivity index (χ1) is 12.8. The van der Waals surface area contributed by atoms with E-state index in [0.717, 1.165) is 57.1 Å². The standard InChI is InChI=1S/C21H27F5O/c1-2-3-4-5-6-7-8-15-9-11-16(12-10-15)17-13-18(22)20(19(23)14-17)27-21(24,25)26/h3-4,13-16H,2,5-12H2,1H3/b4-3+/t15-,16-. The Kier molecular flexibility index (Phi) is 8.11. The molecule has 0 heterocycles. The largest absolute Gasteiger partial charge is 0.573 e. The van der Waals surface area contributed by atoms with Crippen molar-refractivity contribution in [3.8, 4) is 5.75 Å². The van der Waals surface area contributed by atoms with Crippen LogP contribution >= 0.6 is 0 Å². The molecular weight excluding hydrogens is 363 g/mol. The first-order valence-electron chi connectivity index (χ1n) is 9.69. The van der Waals surface area contributed by atoms with Crippen molar-refractivity contribution in [2.75, 3.05) is 0 Å². The van der Waals surface area contributed by atoms with E-state index in [1.54, 1.807) is 0 Å². The average Bonchev–Trinajstić information content (AvgIpc) is 2.61. The molecular formula is C21H27F5O. The summed E-state index contributed by atoms with van der Waals surface area (Å²) in [7, 11) is 0. The number of alkyl halides is 3. The van der Waals surface area contributed by atoms with Gasteiger partial charge in [-0.1, -0.05) is 31.9 Å². The molecule has 152 valence electrons. The molecule has 0 N–H and O–H groups in total. The van der Waals surface area contributed by atoms with E-state index in [1.165, 1.54) is 12.8 Å². The Hall–Kier alpha value is -1.59. The van der Waals surface area contributed by atoms with E-state index in [-0.39, 0.29) is 5.92 Å². The third kappa shape index (κ3) is 7.15. The van der Waals surface area contributed by atoms with Crippen LogP contribution in [0.4, 0.5) is 22.0 Å². The molecule has 0 atom stereocenters. The molecule has 0 saturated heterocycles. The lowest BCUT2D eigenvalue weighted by Crippen LogP contribution is -2.19. The SMILES string of the molecule is CC/C=C/CCCC[C@H]1CC[C@H](c2cc(F)c(OC(F)(F)F)c(F)c2)CC1. The molecule has 27 heavy (non-hydrogen) atoms. The van der Waals surface area contributed by atoms with Crippen molar-refractivity contribution in [2.24, 2.45) is 5.92 Å². The number of hydrogen-bond donors (Lipinski definition) is 0. The van der Waals surface area contributed by atoms with Crippen LogP contribution in [0.5, 0.6) is 5.75 Å². The zero-order chi connectivity index (χ0) is 19.9. The van der Waals surface area contributed by atoms with Crippen LogP contribution in [0.1, 0.15) is 76.2 Å². The minimum Gasteiger partial charge on any atom is -0.399 e. The second-order valence-corrected chi connectivity index (χ2v) is 7.24. The molecule has 0 amide bonds. The molecule has 1 nitrogen and oxygen atoms in total. The molecule has 1 aliphatic carbocycles. The van der Waals surface area contributed by atoms with E-state index in [4.69, 9.17) is 0 Å². The maximum atomic E-state index is 13.9. The summed E-state index contributed by atoms with van der Waals surface area (Å²) in [5.74, 6) is -3.37. The van der Waals surface area contributed by atoms with Crippen molar-refractivity contribution in [2.45, 2.75) is 77.0 Å². The molecule has 1 fully saturated rings. The maximum Gasteiger partial charge on any atom is 0.573 e. The van der Waals surface area contributed by atoms with Crippen LogP contribution in [0.2, 0.25) is 0 Å². The van der Waals surface area contributed by atoms with Crippen LogP contribution in [0.3, 0.4) is 0 Å². The quantitative estimate of drug-likeness (QED) is 0.251. The summed E-state index contributed by atoms with van der Waals surface area (Å²) in [6.45, 7) is 2.11. The highest BCUT2D eigenvalue weighted by Gasteiger charge is 2.34. The lowest BCUT2D eigenvalue weighted by molar-refractivity contribution is -0.276. The molecule has 1 saturated carbocycles. The number of hydrogen-bond acceptors (Lipinski definition) is 1. The van der Waals surface area contributed by atoms with Crippen molar-refractivity contribution < 1.29 is 26.7 Å². The van der Waals surface area contributed by atoms with E-state index >= 15 is 0 Å². The van der Waals surface area contributed by atoms with E-state index in [2.05, 4.69) is 23.8 Å². The number of halogens is 5. The summed E-state index contributed by atoms with van der Waals surface area (Å²) < 4.78 is 67.9. The third-order valence-corrected chi connectivity index (χ3v) is 5.19. The van der Waals surface area contributed by atoms with Crippen LogP contribution < -0.4 is 4.74 Å². The zero-order valence-electron chi connectivity index (χ0n) is 15.6. The molecule has 6 heteroatoms. The summed E-state index contributed by atoms with van der Waals surface area (Å²) in [6.07, 6.45) is 8.53. The van der Waals surface area contributed by atoms with Gasteiger partial charge in [0.2, 0.25) is 5.75 Å². The summed E-state index contributed by atoms with van der Waals surface area (Å²) >= 11 is 0. The van der Waals surface area contributed by atoms with Crippen molar-refractivity contribution in [3.05, 3.63) is 41.5 Å². The summed E-state index contributed by atoms with van der Waals surface area (Å²) in [4.78, 5) is 0. The molecule has 0 unspecified atom stereocenters. The molecule has 0 bridgehead atoms. The van der Waals surface area contributed by atoms with Gasteiger partial charge >= 0.3 is 6.36 Å². The highest BCUT2D eigenvalue weighted by atomic mass is 19.4. The van der Waals surface area contributed by atoms with Crippen LogP contribution in [-0.4, -0.2) is 6.36 Å². The van der Waals surface area contributed by atoms with E-state index in [1.807, 2.05) is 0 Å². The Labute approximate surface area is 157 Å². The topological polar surface area (TPSA) is 9.23 Å². The Morgan fingerprint density at radius 1 is 1.00 bits per heavy atom. The number of allylic oxidation sites excluding steroid dienone is 2. The number of rotatable bonds is 8. The van der Waals surface area contributed by atoms with E-state index in [0.29, 0.717) is 11.5 Å². The van der Waals surface area contributed by atoms with Crippen LogP contribution in [-0.2, 0) is 0 Å². The van der Waals surface area contributed by atoms with Crippen LogP contribution in [0.15, 0.2) is 24.3 Å². The van der Waals surface area contributed by atoms with Gasteiger partial charge in [0, 0.05) is 0 Å². The predicted molar refractivity (Wildman–Crippen MR) is 95.6 cm³/mol. The van der Waals surface area contributed by atoms with Crippen LogP contribution in [0, 0.1) is 17.6 Å². The molecule has 0 aliphatic heterocycles. The monoisotopic (exact) mass is 390 g/mol. The summed E-state index contributed by atoms with van der Waals surface area (Å²) in [6, 6.07) is 1.96. The molecule has 2 rings (SSSR count). The number of ether oxygens (including phenoxy) is 1. The molecule has 1 aromatic rings. The van der Waals surface area contributed by atoms with Gasteiger partial charge in [-0.2, -0.15) is 0 Å². The Bertz CT molecular complexity index is 592. The van der Waals surface area contributed by atoms with Gasteiger partial charge in [0.1, 0.15) is 0 Å². The molecule has 0 spiro atoms. The smallest absolute Gasteiger partial charge is 0.399 e. The van der Waals surface area contributed by atoms with Gasteiger partial charge in [0.05, 0.1) is 0 Å². The van der Waals surface area contributed by atoms with Gasteiger partial charge in [0.25, 0.3) is 0 Å². The Balaban J connectivity index is 1.84.